The summed E-state index contributed by atoms with van der Waals surface area (Å²) in [6, 6.07) is 8.23. The summed E-state index contributed by atoms with van der Waals surface area (Å²) in [7, 11) is 3.11. The summed E-state index contributed by atoms with van der Waals surface area (Å²) >= 11 is 0. The van der Waals surface area contributed by atoms with E-state index in [-0.39, 0.29) is 73.1 Å². The van der Waals surface area contributed by atoms with Crippen LogP contribution in [0.25, 0.3) is 0 Å². The van der Waals surface area contributed by atoms with Crippen molar-refractivity contribution in [2.24, 2.45) is 5.41 Å². The Bertz CT molecular complexity index is 1410. The molecule has 0 atom stereocenters. The Morgan fingerprint density at radius 3 is 1.44 bits per heavy atom. The number of phenols is 1. The summed E-state index contributed by atoms with van der Waals surface area (Å²) in [6.45, 7) is 23.3. The van der Waals surface area contributed by atoms with E-state index in [1.807, 2.05) is 12.1 Å². The predicted octanol–water partition coefficient (Wildman–Crippen LogP) is 7.84. The fourth-order valence-corrected chi connectivity index (χ4v) is 6.16. The molecule has 1 heterocycles. The van der Waals surface area contributed by atoms with Crippen LogP contribution in [0.5, 0.6) is 11.5 Å². The number of rotatable bonds is 14. The van der Waals surface area contributed by atoms with Crippen LogP contribution >= 0.6 is 0 Å². The minimum atomic E-state index is -0.859. The summed E-state index contributed by atoms with van der Waals surface area (Å²) in [6.07, 6.45) is 1.36. The Kier molecular flexibility index (Phi) is 12.1. The van der Waals surface area contributed by atoms with E-state index in [0.717, 1.165) is 39.1 Å². The van der Waals surface area contributed by atoms with Gasteiger partial charge in [-0.25, -0.2) is 0 Å². The van der Waals surface area contributed by atoms with Gasteiger partial charge in [0.2, 0.25) is 0 Å². The summed E-state index contributed by atoms with van der Waals surface area (Å²) < 4.78 is 28.6. The van der Waals surface area contributed by atoms with Crippen LogP contribution in [0.2, 0.25) is 0 Å². The van der Waals surface area contributed by atoms with Crippen LogP contribution in [-0.2, 0) is 63.2 Å². The monoisotopic (exact) mass is 668 g/mol. The number of phenolic OH excluding ortho intramolecular Hbond substituents is 1. The second kappa shape index (κ2) is 14.8. The number of esters is 2. The standard InChI is InChI=1S/C40H60O8/c1-36(2,3)28-18-26(19-29(34(28)43)37(4,5)6)14-16-32(41)46-24-40(22-44-12,23-45-13)25-47-33(42)17-15-27-20-30(38(7,8)9)35-31(21-27)39(10,11)48-35/h18-21,43H,14-17,22-25H2,1-13H3. The third-order valence-corrected chi connectivity index (χ3v) is 8.96. The normalized spacial score (nSPS) is 14.5. The van der Waals surface area contributed by atoms with Crippen LogP contribution in [0.1, 0.15) is 122 Å². The highest BCUT2D eigenvalue weighted by atomic mass is 16.6. The van der Waals surface area contributed by atoms with Gasteiger partial charge in [0.1, 0.15) is 30.3 Å². The maximum absolute atomic E-state index is 13.0. The lowest BCUT2D eigenvalue weighted by molar-refractivity contribution is -0.160. The minimum Gasteiger partial charge on any atom is -0.507 e. The molecule has 3 rings (SSSR count). The molecule has 48 heavy (non-hydrogen) atoms. The van der Waals surface area contributed by atoms with Gasteiger partial charge < -0.3 is 28.8 Å². The summed E-state index contributed by atoms with van der Waals surface area (Å²) in [5.41, 5.74) is 4.21. The molecule has 0 aromatic heterocycles. The maximum Gasteiger partial charge on any atom is 0.306 e. The quantitative estimate of drug-likeness (QED) is 0.203. The molecule has 0 unspecified atom stereocenters. The van der Waals surface area contributed by atoms with E-state index < -0.39 is 5.41 Å². The number of ether oxygens (including phenoxy) is 5. The number of carbonyl (C=O) groups excluding carboxylic acids is 2. The van der Waals surface area contributed by atoms with E-state index in [1.165, 1.54) is 0 Å². The molecule has 0 amide bonds. The molecule has 268 valence electrons. The summed E-state index contributed by atoms with van der Waals surface area (Å²) in [4.78, 5) is 26.0. The number of fused-ring (bicyclic) bond motifs is 1. The van der Waals surface area contributed by atoms with E-state index in [1.54, 1.807) is 14.2 Å². The molecule has 1 N–H and O–H groups in total. The van der Waals surface area contributed by atoms with Crippen molar-refractivity contribution in [2.45, 2.75) is 124 Å². The number of hydrogen-bond donors (Lipinski definition) is 1. The van der Waals surface area contributed by atoms with Gasteiger partial charge in [-0.3, -0.25) is 9.59 Å². The number of aryl methyl sites for hydroxylation is 2. The lowest BCUT2D eigenvalue weighted by Gasteiger charge is -2.42. The fraction of sp³-hybridized carbons (Fsp3) is 0.650. The van der Waals surface area contributed by atoms with Crippen molar-refractivity contribution in [1.82, 2.24) is 0 Å². The van der Waals surface area contributed by atoms with Crippen LogP contribution in [0, 0.1) is 5.41 Å². The molecule has 0 radical (unpaired) electrons. The molecule has 8 heteroatoms. The molecular weight excluding hydrogens is 608 g/mol. The highest BCUT2D eigenvalue weighted by molar-refractivity contribution is 5.70. The van der Waals surface area contributed by atoms with Crippen LogP contribution in [-0.4, -0.2) is 57.7 Å². The van der Waals surface area contributed by atoms with Gasteiger partial charge in [-0.05, 0) is 71.3 Å². The zero-order chi connectivity index (χ0) is 36.3. The lowest BCUT2D eigenvalue weighted by atomic mass is 9.78. The first-order valence-corrected chi connectivity index (χ1v) is 17.1. The smallest absolute Gasteiger partial charge is 0.306 e. The topological polar surface area (TPSA) is 101 Å². The minimum absolute atomic E-state index is 0.0130. The number of hydrogen-bond acceptors (Lipinski definition) is 8. The van der Waals surface area contributed by atoms with Crippen LogP contribution in [0.3, 0.4) is 0 Å². The summed E-state index contributed by atoms with van der Waals surface area (Å²) in [5.74, 6) is 0.544. The second-order valence-electron chi connectivity index (χ2n) is 17.1. The van der Waals surface area contributed by atoms with E-state index in [2.05, 4.69) is 88.3 Å². The zero-order valence-electron chi connectivity index (χ0n) is 31.8. The van der Waals surface area contributed by atoms with E-state index >= 15 is 0 Å². The van der Waals surface area contributed by atoms with Gasteiger partial charge in [-0.15, -0.1) is 0 Å². The van der Waals surface area contributed by atoms with Crippen LogP contribution in [0.4, 0.5) is 0 Å². The molecule has 2 aromatic carbocycles. The molecule has 0 bridgehead atoms. The highest BCUT2D eigenvalue weighted by Gasteiger charge is 2.41. The Morgan fingerprint density at radius 1 is 0.667 bits per heavy atom. The third-order valence-electron chi connectivity index (χ3n) is 8.96. The molecule has 0 saturated carbocycles. The van der Waals surface area contributed by atoms with Crippen molar-refractivity contribution in [2.75, 3.05) is 40.6 Å². The Labute approximate surface area is 288 Å². The molecule has 1 aliphatic rings. The number of carbonyl (C=O) groups is 2. The fourth-order valence-electron chi connectivity index (χ4n) is 6.16. The van der Waals surface area contributed by atoms with Crippen LogP contribution in [0.15, 0.2) is 24.3 Å². The SMILES string of the molecule is COCC(COC)(COC(=O)CCc1cc(C(C)(C)C)c(O)c(C(C)(C)C)c1)COC(=O)CCc1cc(C(C)(C)C)c2c(c1)C(C)(C)O2. The molecular formula is C40H60O8. The van der Waals surface area contributed by atoms with Crippen molar-refractivity contribution in [3.8, 4) is 11.5 Å². The zero-order valence-corrected chi connectivity index (χ0v) is 31.8. The van der Waals surface area contributed by atoms with Gasteiger partial charge in [0.15, 0.2) is 0 Å². The average Bonchev–Trinajstić information content (AvgIpc) is 2.95. The van der Waals surface area contributed by atoms with Gasteiger partial charge in [-0.1, -0.05) is 80.5 Å². The maximum atomic E-state index is 13.0. The number of aromatic hydroxyl groups is 1. The van der Waals surface area contributed by atoms with Gasteiger partial charge in [0.05, 0.1) is 18.6 Å². The first-order valence-electron chi connectivity index (χ1n) is 17.1. The van der Waals surface area contributed by atoms with Gasteiger partial charge >= 0.3 is 11.9 Å². The van der Waals surface area contributed by atoms with Gasteiger partial charge in [0.25, 0.3) is 0 Å². The third kappa shape index (κ3) is 9.75. The molecule has 0 saturated heterocycles. The van der Waals surface area contributed by atoms with E-state index in [0.29, 0.717) is 18.6 Å². The van der Waals surface area contributed by atoms with Crippen molar-refractivity contribution >= 4 is 11.9 Å². The Morgan fingerprint density at radius 2 is 1.06 bits per heavy atom. The predicted molar refractivity (Wildman–Crippen MR) is 189 cm³/mol. The van der Waals surface area contributed by atoms with Crippen molar-refractivity contribution < 1.29 is 38.4 Å². The first kappa shape index (κ1) is 39.3. The molecule has 8 nitrogen and oxygen atoms in total. The number of methoxy groups -OCH3 is 2. The van der Waals surface area contributed by atoms with Crippen molar-refractivity contribution in [3.63, 3.8) is 0 Å². The largest absolute Gasteiger partial charge is 0.507 e. The van der Waals surface area contributed by atoms with E-state index in [4.69, 9.17) is 23.7 Å². The van der Waals surface area contributed by atoms with Gasteiger partial charge in [-0.2, -0.15) is 0 Å². The first-order chi connectivity index (χ1) is 22.0. The van der Waals surface area contributed by atoms with Crippen LogP contribution < -0.4 is 4.74 Å². The Balaban J connectivity index is 1.64. The molecule has 0 fully saturated rings. The van der Waals surface area contributed by atoms with E-state index in [9.17, 15) is 14.7 Å². The summed E-state index contributed by atoms with van der Waals surface area (Å²) in [5, 5.41) is 11.0. The van der Waals surface area contributed by atoms with Crippen molar-refractivity contribution in [1.29, 1.82) is 0 Å². The second-order valence-corrected chi connectivity index (χ2v) is 17.1. The van der Waals surface area contributed by atoms with Gasteiger partial charge in [0, 0.05) is 38.2 Å². The average molecular weight is 669 g/mol. The van der Waals surface area contributed by atoms with Crippen molar-refractivity contribution in [3.05, 3.63) is 57.6 Å². The number of benzene rings is 2. The molecule has 0 spiro atoms. The molecule has 0 aliphatic carbocycles. The molecule has 2 aromatic rings. The molecule has 1 aliphatic heterocycles. The Hall–Kier alpha value is -3.10. The lowest BCUT2D eigenvalue weighted by Crippen LogP contribution is -2.42. The highest BCUT2D eigenvalue weighted by Crippen LogP contribution is 2.50.